The molecular weight excluding hydrogens is 370 g/mol. The molecule has 0 aliphatic heterocycles. The van der Waals surface area contributed by atoms with Crippen molar-refractivity contribution in [3.8, 4) is 0 Å². The van der Waals surface area contributed by atoms with Gasteiger partial charge in [-0.2, -0.15) is 4.98 Å². The first-order valence-corrected chi connectivity index (χ1v) is 8.97. The third-order valence-electron chi connectivity index (χ3n) is 4.21. The highest BCUT2D eigenvalue weighted by Gasteiger charge is 2.26. The minimum absolute atomic E-state index is 0.156. The number of carbonyl (C=O) groups excluding carboxylic acids is 1. The van der Waals surface area contributed by atoms with E-state index < -0.39 is 22.3 Å². The molecule has 0 saturated carbocycles. The third-order valence-corrected chi connectivity index (χ3v) is 5.16. The van der Waals surface area contributed by atoms with Crippen LogP contribution < -0.4 is 17.0 Å². The van der Waals surface area contributed by atoms with Crippen LogP contribution in [0, 0.1) is 13.8 Å². The van der Waals surface area contributed by atoms with Crippen LogP contribution in [0.25, 0.3) is 5.78 Å². The van der Waals surface area contributed by atoms with Crippen molar-refractivity contribution >= 4 is 29.1 Å². The lowest BCUT2D eigenvalue weighted by atomic mass is 10.1. The number of aromatic nitrogens is 6. The Hall–Kier alpha value is -2.95. The van der Waals surface area contributed by atoms with Crippen LogP contribution in [0.2, 0.25) is 0 Å². The van der Waals surface area contributed by atoms with Crippen molar-refractivity contribution in [2.24, 2.45) is 14.1 Å². The molecule has 3 aromatic heterocycles. The molecule has 0 radical (unpaired) electrons. The van der Waals surface area contributed by atoms with Crippen LogP contribution in [0.4, 0.5) is 5.82 Å². The van der Waals surface area contributed by atoms with E-state index in [1.807, 2.05) is 19.9 Å². The molecule has 0 aliphatic rings. The van der Waals surface area contributed by atoms with Gasteiger partial charge in [0.25, 0.3) is 11.3 Å². The standard InChI is InChI=1S/C16H19N7O3S/c1-7-6-8(2)23-14(18-7)19-15(20-23)27-9(3)11(24)10-12(17)21(4)16(26)22(5)13(10)25/h6,9H,17H2,1-5H3. The maximum atomic E-state index is 12.8. The second-order valence-corrected chi connectivity index (χ2v) is 7.54. The zero-order chi connectivity index (χ0) is 20.0. The van der Waals surface area contributed by atoms with E-state index in [0.29, 0.717) is 10.9 Å². The zero-order valence-electron chi connectivity index (χ0n) is 15.5. The molecule has 2 N–H and O–H groups in total. The average Bonchev–Trinajstić information content (AvgIpc) is 3.00. The van der Waals surface area contributed by atoms with Gasteiger partial charge in [-0.05, 0) is 26.8 Å². The number of fused-ring (bicyclic) bond motifs is 1. The number of carbonyl (C=O) groups is 1. The summed E-state index contributed by atoms with van der Waals surface area (Å²) in [4.78, 5) is 45.8. The maximum absolute atomic E-state index is 12.8. The number of hydrogen-bond donors (Lipinski definition) is 1. The SMILES string of the molecule is Cc1cc(C)n2nc(SC(C)C(=O)c3c(N)n(C)c(=O)n(C)c3=O)nc2n1. The summed E-state index contributed by atoms with van der Waals surface area (Å²) >= 11 is 1.10. The lowest BCUT2D eigenvalue weighted by molar-refractivity contribution is 0.0992. The fourth-order valence-electron chi connectivity index (χ4n) is 2.70. The van der Waals surface area contributed by atoms with E-state index in [-0.39, 0.29) is 11.4 Å². The Morgan fingerprint density at radius 2 is 1.85 bits per heavy atom. The predicted molar refractivity (Wildman–Crippen MR) is 101 cm³/mol. The molecule has 0 bridgehead atoms. The summed E-state index contributed by atoms with van der Waals surface area (Å²) in [7, 11) is 2.71. The number of nitrogens with two attached hydrogens (primary N) is 1. The number of hydrogen-bond acceptors (Lipinski definition) is 8. The highest BCUT2D eigenvalue weighted by atomic mass is 32.2. The molecule has 0 aromatic carbocycles. The van der Waals surface area contributed by atoms with E-state index >= 15 is 0 Å². The lowest BCUT2D eigenvalue weighted by Gasteiger charge is -2.13. The van der Waals surface area contributed by atoms with Crippen LogP contribution in [-0.4, -0.2) is 39.7 Å². The van der Waals surface area contributed by atoms with Gasteiger partial charge < -0.3 is 5.73 Å². The average molecular weight is 389 g/mol. The Balaban J connectivity index is 1.97. The molecule has 11 heteroatoms. The van der Waals surface area contributed by atoms with Crippen LogP contribution in [-0.2, 0) is 14.1 Å². The summed E-state index contributed by atoms with van der Waals surface area (Å²) in [6, 6.07) is 1.87. The fourth-order valence-corrected chi connectivity index (χ4v) is 3.51. The topological polar surface area (TPSA) is 130 Å². The Morgan fingerprint density at radius 1 is 1.19 bits per heavy atom. The fraction of sp³-hybridized carbons (Fsp3) is 0.375. The molecule has 27 heavy (non-hydrogen) atoms. The Kier molecular flexibility index (Phi) is 4.64. The molecule has 1 atom stereocenters. The molecule has 0 fully saturated rings. The first-order chi connectivity index (χ1) is 12.6. The normalized spacial score (nSPS) is 12.5. The molecule has 0 saturated heterocycles. The van der Waals surface area contributed by atoms with Crippen molar-refractivity contribution in [2.75, 3.05) is 5.73 Å². The number of rotatable bonds is 4. The number of anilines is 1. The van der Waals surface area contributed by atoms with Crippen molar-refractivity contribution < 1.29 is 4.79 Å². The predicted octanol–water partition coefficient (Wildman–Crippen LogP) is 0.0842. The maximum Gasteiger partial charge on any atom is 0.332 e. The number of ketones is 1. The molecule has 142 valence electrons. The molecule has 10 nitrogen and oxygen atoms in total. The van der Waals surface area contributed by atoms with Gasteiger partial charge in [0.1, 0.15) is 11.4 Å². The Bertz CT molecular complexity index is 1190. The third kappa shape index (κ3) is 3.14. The number of nitrogen functional groups attached to an aromatic ring is 1. The van der Waals surface area contributed by atoms with E-state index in [2.05, 4.69) is 15.1 Å². The molecule has 1 unspecified atom stereocenters. The number of Topliss-reactive ketones (excluding diaryl/α,β-unsaturated/α-hetero) is 1. The summed E-state index contributed by atoms with van der Waals surface area (Å²) in [6.07, 6.45) is 0. The molecule has 3 heterocycles. The number of nitrogens with zero attached hydrogens (tertiary/aromatic N) is 6. The van der Waals surface area contributed by atoms with Gasteiger partial charge in [-0.1, -0.05) is 11.8 Å². The van der Waals surface area contributed by atoms with Crippen LogP contribution in [0.3, 0.4) is 0 Å². The molecule has 3 rings (SSSR count). The largest absolute Gasteiger partial charge is 0.384 e. The highest BCUT2D eigenvalue weighted by Crippen LogP contribution is 2.24. The highest BCUT2D eigenvalue weighted by molar-refractivity contribution is 8.00. The van der Waals surface area contributed by atoms with E-state index in [1.54, 1.807) is 11.4 Å². The van der Waals surface area contributed by atoms with Crippen molar-refractivity contribution in [1.82, 2.24) is 28.7 Å². The van der Waals surface area contributed by atoms with Crippen molar-refractivity contribution in [3.05, 3.63) is 43.9 Å². The second-order valence-electron chi connectivity index (χ2n) is 6.24. The summed E-state index contributed by atoms with van der Waals surface area (Å²) in [5.41, 5.74) is 6.02. The lowest BCUT2D eigenvalue weighted by Crippen LogP contribution is -2.42. The van der Waals surface area contributed by atoms with Gasteiger partial charge in [-0.3, -0.25) is 18.7 Å². The zero-order valence-corrected chi connectivity index (χ0v) is 16.4. The van der Waals surface area contributed by atoms with Crippen LogP contribution >= 0.6 is 11.8 Å². The van der Waals surface area contributed by atoms with Gasteiger partial charge in [0.2, 0.25) is 5.16 Å². The summed E-state index contributed by atoms with van der Waals surface area (Å²) in [6.45, 7) is 5.38. The monoisotopic (exact) mass is 389 g/mol. The van der Waals surface area contributed by atoms with Crippen molar-refractivity contribution in [2.45, 2.75) is 31.2 Å². The van der Waals surface area contributed by atoms with Crippen LogP contribution in [0.5, 0.6) is 0 Å². The molecule has 0 amide bonds. The summed E-state index contributed by atoms with van der Waals surface area (Å²) in [5, 5.41) is 4.02. The van der Waals surface area contributed by atoms with Gasteiger partial charge in [-0.25, -0.2) is 14.3 Å². The molecule has 0 spiro atoms. The van der Waals surface area contributed by atoms with E-state index in [9.17, 15) is 14.4 Å². The van der Waals surface area contributed by atoms with Gasteiger partial charge >= 0.3 is 5.69 Å². The number of aryl methyl sites for hydroxylation is 2. The Morgan fingerprint density at radius 3 is 2.52 bits per heavy atom. The van der Waals surface area contributed by atoms with E-state index in [1.165, 1.54) is 14.1 Å². The van der Waals surface area contributed by atoms with Gasteiger partial charge in [0.15, 0.2) is 5.78 Å². The van der Waals surface area contributed by atoms with E-state index in [0.717, 1.165) is 32.3 Å². The smallest absolute Gasteiger partial charge is 0.332 e. The van der Waals surface area contributed by atoms with Crippen LogP contribution in [0.1, 0.15) is 28.7 Å². The Labute approximate surface area is 158 Å². The first kappa shape index (κ1) is 18.8. The minimum atomic E-state index is -0.718. The molecule has 3 aromatic rings. The molecular formula is C16H19N7O3S. The molecule has 0 aliphatic carbocycles. The van der Waals surface area contributed by atoms with E-state index in [4.69, 9.17) is 5.73 Å². The van der Waals surface area contributed by atoms with Gasteiger partial charge in [0.05, 0.1) is 5.25 Å². The van der Waals surface area contributed by atoms with Gasteiger partial charge in [0, 0.05) is 25.5 Å². The second kappa shape index (κ2) is 6.65. The van der Waals surface area contributed by atoms with Gasteiger partial charge in [-0.15, -0.1) is 5.10 Å². The van der Waals surface area contributed by atoms with Crippen molar-refractivity contribution in [3.63, 3.8) is 0 Å². The number of thioether (sulfide) groups is 1. The quantitative estimate of drug-likeness (QED) is 0.490. The minimum Gasteiger partial charge on any atom is -0.384 e. The first-order valence-electron chi connectivity index (χ1n) is 8.09. The summed E-state index contributed by atoms with van der Waals surface area (Å²) < 4.78 is 3.53. The van der Waals surface area contributed by atoms with Crippen LogP contribution in [0.15, 0.2) is 20.8 Å². The van der Waals surface area contributed by atoms with Crippen molar-refractivity contribution in [1.29, 1.82) is 0 Å². The summed E-state index contributed by atoms with van der Waals surface area (Å²) in [5.74, 6) is -0.211.